The fourth-order valence-corrected chi connectivity index (χ4v) is 4.89. The summed E-state index contributed by atoms with van der Waals surface area (Å²) in [6.45, 7) is 12.5. The SMILES string of the molecule is CC(CNC(=O)C1CC(O)CN1C(=O)[C@@H](n1cc(C2CC2)nn1)C(C)(C)C)Oc1ccc(C(C)C)cc1. The van der Waals surface area contributed by atoms with E-state index in [2.05, 4.69) is 29.5 Å². The summed E-state index contributed by atoms with van der Waals surface area (Å²) in [5.41, 5.74) is 1.68. The Balaban J connectivity index is 1.40. The van der Waals surface area contributed by atoms with Gasteiger partial charge in [-0.3, -0.25) is 9.59 Å². The Morgan fingerprint density at radius 1 is 1.16 bits per heavy atom. The molecule has 4 atom stereocenters. The first-order valence-corrected chi connectivity index (χ1v) is 13.4. The number of rotatable bonds is 9. The number of amides is 2. The van der Waals surface area contributed by atoms with Crippen LogP contribution in [0.1, 0.15) is 89.9 Å². The third kappa shape index (κ3) is 6.50. The number of aliphatic hydroxyl groups is 1. The van der Waals surface area contributed by atoms with Crippen molar-refractivity contribution in [1.82, 2.24) is 25.2 Å². The molecule has 4 rings (SSSR count). The molecule has 1 aliphatic carbocycles. The fourth-order valence-electron chi connectivity index (χ4n) is 4.89. The topological polar surface area (TPSA) is 110 Å². The van der Waals surface area contributed by atoms with Gasteiger partial charge in [0.25, 0.3) is 0 Å². The summed E-state index contributed by atoms with van der Waals surface area (Å²) in [4.78, 5) is 28.5. The number of nitrogens with one attached hydrogen (secondary N) is 1. The largest absolute Gasteiger partial charge is 0.489 e. The van der Waals surface area contributed by atoms with Crippen LogP contribution >= 0.6 is 0 Å². The highest BCUT2D eigenvalue weighted by atomic mass is 16.5. The van der Waals surface area contributed by atoms with Gasteiger partial charge in [-0.25, -0.2) is 4.68 Å². The average molecular weight is 512 g/mol. The maximum absolute atomic E-state index is 13.8. The van der Waals surface area contributed by atoms with Gasteiger partial charge < -0.3 is 20.1 Å². The zero-order chi connectivity index (χ0) is 26.9. The number of β-amino-alcohol motifs (C(OH)–C–C–N with tert-alkyl or cyclic N) is 1. The predicted octanol–water partition coefficient (Wildman–Crippen LogP) is 3.41. The zero-order valence-corrected chi connectivity index (χ0v) is 22.8. The molecule has 1 saturated carbocycles. The molecule has 9 heteroatoms. The van der Waals surface area contributed by atoms with Crippen molar-refractivity contribution in [3.63, 3.8) is 0 Å². The van der Waals surface area contributed by atoms with E-state index in [9.17, 15) is 14.7 Å². The normalized spacial score (nSPS) is 21.7. The molecule has 0 radical (unpaired) electrons. The molecule has 2 amide bonds. The number of nitrogens with zero attached hydrogens (tertiary/aromatic N) is 4. The molecule has 1 aromatic heterocycles. The second-order valence-electron chi connectivity index (χ2n) is 12.0. The van der Waals surface area contributed by atoms with Crippen molar-refractivity contribution in [3.8, 4) is 5.75 Å². The van der Waals surface area contributed by atoms with Crippen molar-refractivity contribution in [2.24, 2.45) is 5.41 Å². The molecular formula is C28H41N5O4. The molecule has 3 unspecified atom stereocenters. The van der Waals surface area contributed by atoms with Crippen LogP contribution in [0.3, 0.4) is 0 Å². The first kappa shape index (κ1) is 27.1. The van der Waals surface area contributed by atoms with Gasteiger partial charge in [0.05, 0.1) is 18.3 Å². The Morgan fingerprint density at radius 2 is 1.84 bits per heavy atom. The number of carbonyl (C=O) groups is 2. The second-order valence-corrected chi connectivity index (χ2v) is 12.0. The van der Waals surface area contributed by atoms with Crippen LogP contribution in [0.25, 0.3) is 0 Å². The molecule has 1 aliphatic heterocycles. The predicted molar refractivity (Wildman–Crippen MR) is 140 cm³/mol. The standard InChI is InChI=1S/C28H41N5O4/c1-17(2)19-9-11-22(12-10-19)37-18(3)14-29-26(35)24-13-21(34)15-32(24)27(36)25(28(4,5)6)33-16-23(30-31-33)20-7-8-20/h9-12,16-18,20-21,24-25,34H,7-8,13-15H2,1-6H3,(H,29,35)/t18?,21?,24?,25-/m1/s1. The van der Waals surface area contributed by atoms with Gasteiger partial charge in [-0.05, 0) is 48.8 Å². The quantitative estimate of drug-likeness (QED) is 0.534. The van der Waals surface area contributed by atoms with E-state index in [4.69, 9.17) is 4.74 Å². The lowest BCUT2D eigenvalue weighted by atomic mass is 9.85. The summed E-state index contributed by atoms with van der Waals surface area (Å²) in [6, 6.07) is 6.58. The molecule has 0 spiro atoms. The summed E-state index contributed by atoms with van der Waals surface area (Å²) in [7, 11) is 0. The van der Waals surface area contributed by atoms with Crippen LogP contribution in [0.15, 0.2) is 30.5 Å². The molecule has 2 N–H and O–H groups in total. The molecule has 0 bridgehead atoms. The first-order chi connectivity index (χ1) is 17.4. The lowest BCUT2D eigenvalue weighted by Gasteiger charge is -2.34. The Hall–Kier alpha value is -2.94. The molecule has 2 heterocycles. The smallest absolute Gasteiger partial charge is 0.248 e. The minimum absolute atomic E-state index is 0.113. The van der Waals surface area contributed by atoms with Gasteiger partial charge in [0.15, 0.2) is 0 Å². The number of hydrogen-bond acceptors (Lipinski definition) is 6. The van der Waals surface area contributed by atoms with E-state index in [1.807, 2.05) is 58.2 Å². The molecule has 202 valence electrons. The van der Waals surface area contributed by atoms with E-state index < -0.39 is 23.6 Å². The third-order valence-corrected chi connectivity index (χ3v) is 7.15. The molecule has 1 saturated heterocycles. The van der Waals surface area contributed by atoms with Crippen LogP contribution < -0.4 is 10.1 Å². The number of carbonyl (C=O) groups excluding carboxylic acids is 2. The van der Waals surface area contributed by atoms with Crippen molar-refractivity contribution in [3.05, 3.63) is 41.7 Å². The van der Waals surface area contributed by atoms with Gasteiger partial charge in [0, 0.05) is 25.1 Å². The summed E-state index contributed by atoms with van der Waals surface area (Å²) in [5, 5.41) is 21.9. The third-order valence-electron chi connectivity index (χ3n) is 7.15. The summed E-state index contributed by atoms with van der Waals surface area (Å²) >= 11 is 0. The molecule has 2 fully saturated rings. The highest BCUT2D eigenvalue weighted by molar-refractivity contribution is 5.90. The van der Waals surface area contributed by atoms with E-state index >= 15 is 0 Å². The van der Waals surface area contributed by atoms with Crippen LogP contribution in [-0.2, 0) is 9.59 Å². The van der Waals surface area contributed by atoms with Crippen molar-refractivity contribution < 1.29 is 19.4 Å². The molecule has 1 aromatic carbocycles. The summed E-state index contributed by atoms with van der Waals surface area (Å²) in [6.07, 6.45) is 3.23. The Kier molecular flexibility index (Phi) is 7.92. The fraction of sp³-hybridized carbons (Fsp3) is 0.643. The summed E-state index contributed by atoms with van der Waals surface area (Å²) in [5.74, 6) is 1.09. The number of aliphatic hydroxyl groups excluding tert-OH is 1. The summed E-state index contributed by atoms with van der Waals surface area (Å²) < 4.78 is 7.60. The first-order valence-electron chi connectivity index (χ1n) is 13.4. The van der Waals surface area contributed by atoms with Crippen molar-refractivity contribution >= 4 is 11.8 Å². The van der Waals surface area contributed by atoms with E-state index in [0.29, 0.717) is 11.8 Å². The molecule has 2 aliphatic rings. The van der Waals surface area contributed by atoms with Gasteiger partial charge in [-0.15, -0.1) is 5.10 Å². The van der Waals surface area contributed by atoms with Crippen molar-refractivity contribution in [2.75, 3.05) is 13.1 Å². The monoisotopic (exact) mass is 511 g/mol. The van der Waals surface area contributed by atoms with E-state index in [1.54, 1.807) is 4.68 Å². The second kappa shape index (κ2) is 10.8. The van der Waals surface area contributed by atoms with Crippen LogP contribution in [0.5, 0.6) is 5.75 Å². The van der Waals surface area contributed by atoms with E-state index in [-0.39, 0.29) is 37.4 Å². The Morgan fingerprint density at radius 3 is 2.43 bits per heavy atom. The Labute approximate surface area is 219 Å². The maximum Gasteiger partial charge on any atom is 0.248 e. The molecule has 2 aromatic rings. The molecule has 9 nitrogen and oxygen atoms in total. The van der Waals surface area contributed by atoms with Gasteiger partial charge in [0.2, 0.25) is 11.8 Å². The minimum atomic E-state index is -0.758. The molecular weight excluding hydrogens is 470 g/mol. The highest BCUT2D eigenvalue weighted by Crippen LogP contribution is 2.40. The van der Waals surface area contributed by atoms with Crippen molar-refractivity contribution in [2.45, 2.75) is 96.9 Å². The van der Waals surface area contributed by atoms with Gasteiger partial charge >= 0.3 is 0 Å². The zero-order valence-electron chi connectivity index (χ0n) is 22.8. The average Bonchev–Trinajstić information content (AvgIpc) is 3.44. The van der Waals surface area contributed by atoms with Crippen LogP contribution in [0.2, 0.25) is 0 Å². The minimum Gasteiger partial charge on any atom is -0.489 e. The van der Waals surface area contributed by atoms with E-state index in [0.717, 1.165) is 24.3 Å². The number of benzene rings is 1. The Bertz CT molecular complexity index is 1090. The number of likely N-dealkylation sites (tertiary alicyclic amines) is 1. The number of ether oxygens (including phenoxy) is 1. The van der Waals surface area contributed by atoms with Crippen molar-refractivity contribution in [1.29, 1.82) is 0 Å². The lowest BCUT2D eigenvalue weighted by molar-refractivity contribution is -0.144. The van der Waals surface area contributed by atoms with Gasteiger partial charge in [-0.1, -0.05) is 52.0 Å². The van der Waals surface area contributed by atoms with Gasteiger partial charge in [0.1, 0.15) is 23.9 Å². The van der Waals surface area contributed by atoms with E-state index in [1.165, 1.54) is 10.5 Å². The maximum atomic E-state index is 13.8. The lowest BCUT2D eigenvalue weighted by Crippen LogP contribution is -2.51. The molecule has 37 heavy (non-hydrogen) atoms. The number of aromatic nitrogens is 3. The van der Waals surface area contributed by atoms with Crippen LogP contribution in [0, 0.1) is 5.41 Å². The highest BCUT2D eigenvalue weighted by Gasteiger charge is 2.45. The van der Waals surface area contributed by atoms with Crippen LogP contribution in [-0.4, -0.2) is 68.2 Å². The number of hydrogen-bond donors (Lipinski definition) is 2. The van der Waals surface area contributed by atoms with Gasteiger partial charge in [-0.2, -0.15) is 0 Å². The van der Waals surface area contributed by atoms with Crippen LogP contribution in [0.4, 0.5) is 0 Å².